The Balaban J connectivity index is 1.37. The molecule has 1 amide bonds. The summed E-state index contributed by atoms with van der Waals surface area (Å²) in [5.41, 5.74) is 0.549. The van der Waals surface area contributed by atoms with E-state index in [1.165, 1.54) is 49.8 Å². The van der Waals surface area contributed by atoms with E-state index in [9.17, 15) is 14.4 Å². The van der Waals surface area contributed by atoms with Gasteiger partial charge in [-0.2, -0.15) is 0 Å². The molecule has 1 aromatic carbocycles. The topological polar surface area (TPSA) is 117 Å². The molecule has 220 valence electrons. The third-order valence-corrected chi connectivity index (χ3v) is 9.87. The zero-order valence-electron chi connectivity index (χ0n) is 24.1. The predicted molar refractivity (Wildman–Crippen MR) is 155 cm³/mol. The fourth-order valence-corrected chi connectivity index (χ4v) is 8.35. The normalized spacial score (nSPS) is 30.1. The summed E-state index contributed by atoms with van der Waals surface area (Å²) in [6.07, 6.45) is 13.5. The first-order chi connectivity index (χ1) is 19.8. The van der Waals surface area contributed by atoms with Gasteiger partial charge in [-0.05, 0) is 68.9 Å². The van der Waals surface area contributed by atoms with Crippen molar-refractivity contribution in [2.24, 2.45) is 17.0 Å². The van der Waals surface area contributed by atoms with Gasteiger partial charge in [0.15, 0.2) is 11.4 Å². The quantitative estimate of drug-likeness (QED) is 0.402. The van der Waals surface area contributed by atoms with Gasteiger partial charge in [-0.3, -0.25) is 14.5 Å². The lowest BCUT2D eigenvalue weighted by molar-refractivity contribution is -0.142. The van der Waals surface area contributed by atoms with E-state index in [1.54, 1.807) is 14.1 Å². The number of likely N-dealkylation sites (N-methyl/N-ethyl adjacent to an activating group) is 1. The molecule has 0 radical (unpaired) electrons. The lowest BCUT2D eigenvalue weighted by Gasteiger charge is -2.55. The number of nitrogens with zero attached hydrogens (tertiary/aromatic N) is 5. The Morgan fingerprint density at radius 3 is 2.27 bits per heavy atom. The van der Waals surface area contributed by atoms with Crippen LogP contribution in [-0.2, 0) is 14.4 Å². The van der Waals surface area contributed by atoms with Crippen LogP contribution in [-0.4, -0.2) is 80.9 Å². The van der Waals surface area contributed by atoms with Crippen molar-refractivity contribution < 1.29 is 19.5 Å². The second-order valence-electron chi connectivity index (χ2n) is 12.8. The van der Waals surface area contributed by atoms with Crippen LogP contribution >= 0.6 is 0 Å². The average molecular weight is 564 g/mol. The molecule has 1 N–H and O–H groups in total. The first-order valence-electron chi connectivity index (χ1n) is 15.2. The molecule has 6 rings (SSSR count). The zero-order chi connectivity index (χ0) is 28.7. The summed E-state index contributed by atoms with van der Waals surface area (Å²) in [5, 5.41) is 12.8. The Bertz CT molecular complexity index is 1380. The standard InChI is InChI=1S/C31H41N5O5/c1-34(2)30(39)29(33-41-18-27(37)38)28-31(40)36(26-12-4-3-11-25(26)32-28)24-16-21-9-6-10-22(17-24)35(21)23-14-19-7-5-8-20(13-19)15-23/h3-4,11-12,19-24H,5-10,13-18H2,1-2H3,(H,37,38)/b33-29-/t19-,20+,21-,22+,23?,24?. The zero-order valence-corrected chi connectivity index (χ0v) is 24.1. The van der Waals surface area contributed by atoms with Gasteiger partial charge < -0.3 is 19.4 Å². The molecule has 1 aromatic heterocycles. The average Bonchev–Trinajstić information content (AvgIpc) is 2.94. The summed E-state index contributed by atoms with van der Waals surface area (Å²) in [6.45, 7) is -0.726. The van der Waals surface area contributed by atoms with Gasteiger partial charge in [0, 0.05) is 38.3 Å². The summed E-state index contributed by atoms with van der Waals surface area (Å²) < 4.78 is 1.84. The monoisotopic (exact) mass is 563 g/mol. The molecule has 0 spiro atoms. The summed E-state index contributed by atoms with van der Waals surface area (Å²) in [7, 11) is 3.09. The minimum absolute atomic E-state index is 0.0283. The van der Waals surface area contributed by atoms with Crippen molar-refractivity contribution in [2.75, 3.05) is 20.7 Å². The molecule has 6 atom stereocenters. The van der Waals surface area contributed by atoms with Crippen LogP contribution in [0.5, 0.6) is 0 Å². The van der Waals surface area contributed by atoms with Gasteiger partial charge >= 0.3 is 5.97 Å². The van der Waals surface area contributed by atoms with Crippen molar-refractivity contribution >= 4 is 28.6 Å². The van der Waals surface area contributed by atoms with Gasteiger partial charge in [-0.1, -0.05) is 43.0 Å². The lowest BCUT2D eigenvalue weighted by atomic mass is 9.68. The summed E-state index contributed by atoms with van der Waals surface area (Å²) >= 11 is 0. The third-order valence-electron chi connectivity index (χ3n) is 9.87. The van der Waals surface area contributed by atoms with Gasteiger partial charge in [-0.25, -0.2) is 9.78 Å². The maximum Gasteiger partial charge on any atom is 0.344 e. The van der Waals surface area contributed by atoms with Gasteiger partial charge in [-0.15, -0.1) is 0 Å². The highest BCUT2D eigenvalue weighted by Crippen LogP contribution is 2.47. The highest BCUT2D eigenvalue weighted by Gasteiger charge is 2.45. The number of aliphatic carboxylic acids is 1. The van der Waals surface area contributed by atoms with Crippen molar-refractivity contribution in [2.45, 2.75) is 94.8 Å². The second-order valence-corrected chi connectivity index (χ2v) is 12.8. The maximum absolute atomic E-state index is 14.2. The van der Waals surface area contributed by atoms with E-state index in [4.69, 9.17) is 9.94 Å². The molecule has 4 bridgehead atoms. The Kier molecular flexibility index (Phi) is 7.85. The third kappa shape index (κ3) is 5.50. The number of hydrogen-bond donors (Lipinski definition) is 1. The van der Waals surface area contributed by atoms with Crippen molar-refractivity contribution in [1.29, 1.82) is 0 Å². The van der Waals surface area contributed by atoms with E-state index in [2.05, 4.69) is 15.0 Å². The summed E-state index contributed by atoms with van der Waals surface area (Å²) in [6, 6.07) is 9.02. The molecule has 2 saturated heterocycles. The Labute approximate surface area is 240 Å². The SMILES string of the molecule is CN(C)C(=O)/C(=N\OCC(=O)O)c1nc2ccccc2n(C2C[C@H]3CCC[C@@H](C2)N3C2C[C@H]3CCC[C@@H](C2)C3)c1=O. The number of piperidine rings is 2. The van der Waals surface area contributed by atoms with Gasteiger partial charge in [0.1, 0.15) is 0 Å². The van der Waals surface area contributed by atoms with Gasteiger partial charge in [0.2, 0.25) is 6.61 Å². The number of hydrogen-bond acceptors (Lipinski definition) is 7. The fourth-order valence-electron chi connectivity index (χ4n) is 8.35. The number of benzene rings is 1. The van der Waals surface area contributed by atoms with E-state index in [0.717, 1.165) is 43.0 Å². The lowest BCUT2D eigenvalue weighted by Crippen LogP contribution is -2.58. The highest BCUT2D eigenvalue weighted by molar-refractivity contribution is 6.44. The molecule has 2 unspecified atom stereocenters. The molecule has 2 aromatic rings. The minimum Gasteiger partial charge on any atom is -0.479 e. The van der Waals surface area contributed by atoms with Gasteiger partial charge in [0.25, 0.3) is 11.5 Å². The molecule has 2 aliphatic heterocycles. The van der Waals surface area contributed by atoms with Crippen LogP contribution < -0.4 is 5.56 Å². The number of carbonyl (C=O) groups is 2. The Morgan fingerprint density at radius 2 is 1.61 bits per heavy atom. The van der Waals surface area contributed by atoms with E-state index >= 15 is 0 Å². The van der Waals surface area contributed by atoms with E-state index in [1.807, 2.05) is 28.8 Å². The van der Waals surface area contributed by atoms with E-state index in [0.29, 0.717) is 23.6 Å². The minimum atomic E-state index is -1.23. The van der Waals surface area contributed by atoms with Crippen LogP contribution in [0.15, 0.2) is 34.2 Å². The molecule has 41 heavy (non-hydrogen) atoms. The number of amides is 1. The van der Waals surface area contributed by atoms with Crippen LogP contribution in [0.1, 0.15) is 82.4 Å². The van der Waals surface area contributed by atoms with E-state index < -0.39 is 18.5 Å². The molecule has 2 aliphatic carbocycles. The number of oxime groups is 1. The van der Waals surface area contributed by atoms with Crippen LogP contribution in [0.2, 0.25) is 0 Å². The molecule has 10 nitrogen and oxygen atoms in total. The molecule has 4 aliphatic rings. The molecule has 10 heteroatoms. The van der Waals surface area contributed by atoms with Crippen molar-refractivity contribution in [3.63, 3.8) is 0 Å². The molecule has 2 saturated carbocycles. The number of fused-ring (bicyclic) bond motifs is 5. The van der Waals surface area contributed by atoms with E-state index in [-0.39, 0.29) is 23.0 Å². The number of carboxylic acids is 1. The van der Waals surface area contributed by atoms with Crippen LogP contribution in [0, 0.1) is 11.8 Å². The summed E-state index contributed by atoms with van der Waals surface area (Å²) in [5.74, 6) is -0.0587. The predicted octanol–water partition coefficient (Wildman–Crippen LogP) is 3.82. The van der Waals surface area contributed by atoms with Crippen molar-refractivity contribution in [1.82, 2.24) is 19.4 Å². The van der Waals surface area contributed by atoms with Crippen molar-refractivity contribution in [3.05, 3.63) is 40.3 Å². The Morgan fingerprint density at radius 1 is 0.951 bits per heavy atom. The molecule has 3 heterocycles. The first-order valence-corrected chi connectivity index (χ1v) is 15.2. The summed E-state index contributed by atoms with van der Waals surface area (Å²) in [4.78, 5) is 52.1. The molecular formula is C31H41N5O5. The smallest absolute Gasteiger partial charge is 0.344 e. The van der Waals surface area contributed by atoms with Crippen LogP contribution in [0.4, 0.5) is 0 Å². The van der Waals surface area contributed by atoms with Crippen LogP contribution in [0.3, 0.4) is 0 Å². The molecule has 4 fully saturated rings. The van der Waals surface area contributed by atoms with Gasteiger partial charge in [0.05, 0.1) is 11.0 Å². The Hall–Kier alpha value is -3.27. The number of rotatable bonds is 7. The number of aromatic nitrogens is 2. The maximum atomic E-state index is 14.2. The highest BCUT2D eigenvalue weighted by atomic mass is 16.6. The number of carbonyl (C=O) groups excluding carboxylic acids is 1. The van der Waals surface area contributed by atoms with Crippen molar-refractivity contribution in [3.8, 4) is 0 Å². The first kappa shape index (κ1) is 27.9. The number of carboxylic acid groups (broad SMARTS) is 1. The largest absolute Gasteiger partial charge is 0.479 e. The second kappa shape index (κ2) is 11.5. The fraction of sp³-hybridized carbons (Fsp3) is 0.645. The molecular weight excluding hydrogens is 522 g/mol. The van der Waals surface area contributed by atoms with Crippen LogP contribution in [0.25, 0.3) is 11.0 Å². The number of para-hydroxylation sites is 2.